The number of alkyl halides is 1. The van der Waals surface area contributed by atoms with E-state index in [1.807, 2.05) is 0 Å². The normalized spacial score (nSPS) is 17.3. The highest BCUT2D eigenvalue weighted by Gasteiger charge is 2.23. The lowest BCUT2D eigenvalue weighted by molar-refractivity contribution is 0.0154. The van der Waals surface area contributed by atoms with Crippen LogP contribution in [0.3, 0.4) is 0 Å². The summed E-state index contributed by atoms with van der Waals surface area (Å²) in [5.74, 6) is 1.07. The van der Waals surface area contributed by atoms with Crippen LogP contribution in [-0.4, -0.2) is 53.6 Å². The van der Waals surface area contributed by atoms with E-state index in [9.17, 15) is 0 Å². The Balaban J connectivity index is 1.81. The molecule has 1 N–H and O–H groups in total. The van der Waals surface area contributed by atoms with E-state index in [4.69, 9.17) is 25.9 Å². The fraction of sp³-hybridized carbons (Fsp3) is 0.818. The molecule has 0 unspecified atom stereocenters. The molecular formula is C11H18ClN3O3. The monoisotopic (exact) mass is 275 g/mol. The molecule has 0 aliphatic carbocycles. The summed E-state index contributed by atoms with van der Waals surface area (Å²) in [5.41, 5.74) is 0. The van der Waals surface area contributed by atoms with Crippen molar-refractivity contribution in [2.75, 3.05) is 37.1 Å². The molecule has 2 rings (SSSR count). The first-order valence-corrected chi connectivity index (χ1v) is 6.72. The first kappa shape index (κ1) is 13.6. The maximum Gasteiger partial charge on any atom is 0.318 e. The molecule has 1 aromatic rings. The number of anilines is 1. The lowest BCUT2D eigenvalue weighted by Gasteiger charge is -2.30. The third-order valence-electron chi connectivity index (χ3n) is 2.92. The number of aliphatic hydroxyl groups is 1. The van der Waals surface area contributed by atoms with Gasteiger partial charge in [-0.3, -0.25) is 0 Å². The van der Waals surface area contributed by atoms with Crippen molar-refractivity contribution in [3.05, 3.63) is 5.89 Å². The van der Waals surface area contributed by atoms with Crippen molar-refractivity contribution in [3.8, 4) is 0 Å². The van der Waals surface area contributed by atoms with Crippen LogP contribution in [-0.2, 0) is 11.2 Å². The topological polar surface area (TPSA) is 71.6 Å². The molecule has 0 radical (unpaired) electrons. The minimum absolute atomic E-state index is 0.0751. The summed E-state index contributed by atoms with van der Waals surface area (Å²) in [4.78, 5) is 2.06. The Morgan fingerprint density at radius 1 is 1.39 bits per heavy atom. The fourth-order valence-electron chi connectivity index (χ4n) is 1.99. The largest absolute Gasteiger partial charge is 0.408 e. The zero-order valence-corrected chi connectivity index (χ0v) is 11.0. The number of nitrogens with zero attached hydrogens (tertiary/aromatic N) is 3. The zero-order valence-electron chi connectivity index (χ0n) is 10.2. The first-order valence-electron chi connectivity index (χ1n) is 6.19. The molecule has 7 heteroatoms. The summed E-state index contributed by atoms with van der Waals surface area (Å²) in [6.45, 7) is 2.15. The van der Waals surface area contributed by atoms with Gasteiger partial charge in [0.05, 0.1) is 19.3 Å². The van der Waals surface area contributed by atoms with Gasteiger partial charge in [0.2, 0.25) is 5.89 Å². The summed E-state index contributed by atoms with van der Waals surface area (Å²) < 4.78 is 11.0. The SMILES string of the molecule is OCCOC1CCN(c2nnc(CCCl)o2)CC1. The molecule has 0 saturated carbocycles. The molecule has 0 atom stereocenters. The fourth-order valence-corrected chi connectivity index (χ4v) is 2.15. The Hall–Kier alpha value is -0.850. The molecule has 1 saturated heterocycles. The van der Waals surface area contributed by atoms with Gasteiger partial charge in [0.15, 0.2) is 0 Å². The molecule has 1 aliphatic rings. The molecule has 1 fully saturated rings. The van der Waals surface area contributed by atoms with Gasteiger partial charge in [0.25, 0.3) is 0 Å². The van der Waals surface area contributed by atoms with Gasteiger partial charge in [0.1, 0.15) is 0 Å². The predicted molar refractivity (Wildman–Crippen MR) is 67.0 cm³/mol. The smallest absolute Gasteiger partial charge is 0.318 e. The van der Waals surface area contributed by atoms with Gasteiger partial charge in [0, 0.05) is 25.4 Å². The second-order valence-corrected chi connectivity index (χ2v) is 4.58. The lowest BCUT2D eigenvalue weighted by Crippen LogP contribution is -2.37. The number of aryl methyl sites for hydroxylation is 1. The van der Waals surface area contributed by atoms with E-state index >= 15 is 0 Å². The van der Waals surface area contributed by atoms with Crippen molar-refractivity contribution < 1.29 is 14.3 Å². The van der Waals surface area contributed by atoms with Crippen LogP contribution in [0, 0.1) is 0 Å². The van der Waals surface area contributed by atoms with Crippen molar-refractivity contribution >= 4 is 17.6 Å². The third-order valence-corrected chi connectivity index (χ3v) is 3.11. The Bertz CT molecular complexity index is 353. The molecule has 1 aromatic heterocycles. The molecule has 1 aliphatic heterocycles. The van der Waals surface area contributed by atoms with Gasteiger partial charge in [-0.05, 0) is 12.8 Å². The number of hydrogen-bond acceptors (Lipinski definition) is 6. The number of aliphatic hydroxyl groups excluding tert-OH is 1. The van der Waals surface area contributed by atoms with Crippen LogP contribution in [0.15, 0.2) is 4.42 Å². The highest BCUT2D eigenvalue weighted by Crippen LogP contribution is 2.20. The second-order valence-electron chi connectivity index (χ2n) is 4.20. The molecule has 6 nitrogen and oxygen atoms in total. The zero-order chi connectivity index (χ0) is 12.8. The first-order chi connectivity index (χ1) is 8.83. The summed E-state index contributed by atoms with van der Waals surface area (Å²) >= 11 is 5.62. The molecular weight excluding hydrogens is 258 g/mol. The van der Waals surface area contributed by atoms with Crippen molar-refractivity contribution in [2.24, 2.45) is 0 Å². The van der Waals surface area contributed by atoms with Crippen LogP contribution >= 0.6 is 11.6 Å². The Labute approximate surface area is 111 Å². The van der Waals surface area contributed by atoms with Crippen molar-refractivity contribution in [2.45, 2.75) is 25.4 Å². The van der Waals surface area contributed by atoms with E-state index in [0.29, 0.717) is 30.8 Å². The van der Waals surface area contributed by atoms with E-state index in [-0.39, 0.29) is 12.7 Å². The number of aromatic nitrogens is 2. The Morgan fingerprint density at radius 3 is 2.83 bits per heavy atom. The Kier molecular flexibility index (Phi) is 5.22. The van der Waals surface area contributed by atoms with Crippen LogP contribution in [0.1, 0.15) is 18.7 Å². The number of ether oxygens (including phenoxy) is 1. The maximum absolute atomic E-state index is 8.70. The predicted octanol–water partition coefficient (Wildman–Crippen LogP) is 0.829. The van der Waals surface area contributed by atoms with Gasteiger partial charge >= 0.3 is 6.01 Å². The van der Waals surface area contributed by atoms with Crippen molar-refractivity contribution in [3.63, 3.8) is 0 Å². The highest BCUT2D eigenvalue weighted by atomic mass is 35.5. The number of rotatable bonds is 6. The summed E-state index contributed by atoms with van der Waals surface area (Å²) in [6, 6.07) is 0.565. The molecule has 0 amide bonds. The lowest BCUT2D eigenvalue weighted by atomic mass is 10.1. The van der Waals surface area contributed by atoms with Gasteiger partial charge in [-0.1, -0.05) is 5.10 Å². The van der Waals surface area contributed by atoms with Crippen LogP contribution in [0.2, 0.25) is 0 Å². The molecule has 0 aromatic carbocycles. The molecule has 2 heterocycles. The Morgan fingerprint density at radius 2 is 2.17 bits per heavy atom. The van der Waals surface area contributed by atoms with E-state index in [1.165, 1.54) is 0 Å². The average molecular weight is 276 g/mol. The molecule has 102 valence electrons. The minimum atomic E-state index is 0.0751. The third kappa shape index (κ3) is 3.57. The van der Waals surface area contributed by atoms with Gasteiger partial charge in [-0.25, -0.2) is 0 Å². The summed E-state index contributed by atoms with van der Waals surface area (Å²) in [6.07, 6.45) is 2.64. The quantitative estimate of drug-likeness (QED) is 0.776. The van der Waals surface area contributed by atoms with E-state index in [2.05, 4.69) is 15.1 Å². The van der Waals surface area contributed by atoms with E-state index in [1.54, 1.807) is 0 Å². The van der Waals surface area contributed by atoms with Gasteiger partial charge in [-0.2, -0.15) is 0 Å². The van der Waals surface area contributed by atoms with Crippen LogP contribution in [0.4, 0.5) is 6.01 Å². The number of hydrogen-bond donors (Lipinski definition) is 1. The van der Waals surface area contributed by atoms with E-state index < -0.39 is 0 Å². The number of piperidine rings is 1. The summed E-state index contributed by atoms with van der Waals surface area (Å²) in [5, 5.41) is 16.7. The molecule has 18 heavy (non-hydrogen) atoms. The van der Waals surface area contributed by atoms with Crippen LogP contribution in [0.5, 0.6) is 0 Å². The highest BCUT2D eigenvalue weighted by molar-refractivity contribution is 6.17. The standard InChI is InChI=1S/C11H18ClN3O3/c12-4-1-10-13-14-11(18-10)15-5-2-9(3-6-15)17-8-7-16/h9,16H,1-8H2. The van der Waals surface area contributed by atoms with Gasteiger partial charge < -0.3 is 19.2 Å². The summed E-state index contributed by atoms with van der Waals surface area (Å²) in [7, 11) is 0. The van der Waals surface area contributed by atoms with Crippen LogP contribution in [0.25, 0.3) is 0 Å². The molecule has 0 spiro atoms. The van der Waals surface area contributed by atoms with E-state index in [0.717, 1.165) is 25.9 Å². The van der Waals surface area contributed by atoms with Gasteiger partial charge in [-0.15, -0.1) is 16.7 Å². The maximum atomic E-state index is 8.70. The van der Waals surface area contributed by atoms with Crippen molar-refractivity contribution in [1.82, 2.24) is 10.2 Å². The van der Waals surface area contributed by atoms with Crippen molar-refractivity contribution in [1.29, 1.82) is 0 Å². The average Bonchev–Trinajstić information content (AvgIpc) is 2.86. The second kappa shape index (κ2) is 6.92. The van der Waals surface area contributed by atoms with Crippen LogP contribution < -0.4 is 4.90 Å². The minimum Gasteiger partial charge on any atom is -0.408 e. The number of halogens is 1. The molecule has 0 bridgehead atoms.